The lowest BCUT2D eigenvalue weighted by atomic mass is 9.88. The van der Waals surface area contributed by atoms with E-state index < -0.39 is 0 Å². The first-order chi connectivity index (χ1) is 7.75. The Morgan fingerprint density at radius 3 is 2.62 bits per heavy atom. The minimum atomic E-state index is -0.142. The van der Waals surface area contributed by atoms with Crippen LogP contribution in [0.5, 0.6) is 0 Å². The Balaban J connectivity index is 1.65. The molecule has 0 amide bonds. The van der Waals surface area contributed by atoms with Gasteiger partial charge in [-0.25, -0.2) is 4.79 Å². The van der Waals surface area contributed by atoms with E-state index in [0.29, 0.717) is 6.04 Å². The molecule has 0 spiro atoms. The molecule has 1 aliphatic heterocycles. The maximum Gasteiger partial charge on any atom is 0.341 e. The van der Waals surface area contributed by atoms with Crippen LogP contribution in [-0.4, -0.2) is 24.6 Å². The predicted molar refractivity (Wildman–Crippen MR) is 61.7 cm³/mol. The lowest BCUT2D eigenvalue weighted by Crippen LogP contribution is -2.40. The van der Waals surface area contributed by atoms with Crippen molar-refractivity contribution in [3.8, 4) is 0 Å². The summed E-state index contributed by atoms with van der Waals surface area (Å²) >= 11 is 0. The van der Waals surface area contributed by atoms with Crippen molar-refractivity contribution in [3.63, 3.8) is 0 Å². The molecule has 1 atom stereocenters. The molecule has 2 rings (SSSR count). The van der Waals surface area contributed by atoms with Gasteiger partial charge in [-0.2, -0.15) is 0 Å². The highest BCUT2D eigenvalue weighted by Crippen LogP contribution is 2.23. The van der Waals surface area contributed by atoms with Crippen molar-refractivity contribution < 1.29 is 9.63 Å². The topological polar surface area (TPSA) is 50.4 Å². The Kier molecular flexibility index (Phi) is 4.18. The van der Waals surface area contributed by atoms with E-state index in [-0.39, 0.29) is 12.0 Å². The Hall–Kier alpha value is -0.610. The zero-order valence-electron chi connectivity index (χ0n) is 10.00. The number of carbonyl (C=O) groups excluding carboxylic acids is 1. The Morgan fingerprint density at radius 1 is 1.25 bits per heavy atom. The van der Waals surface area contributed by atoms with Crippen LogP contribution in [0.25, 0.3) is 0 Å². The zero-order chi connectivity index (χ0) is 11.4. The van der Waals surface area contributed by atoms with Gasteiger partial charge in [0.15, 0.2) is 0 Å². The van der Waals surface area contributed by atoms with Crippen molar-refractivity contribution in [2.45, 2.75) is 57.5 Å². The molecule has 0 aromatic rings. The molecule has 0 aromatic carbocycles. The summed E-state index contributed by atoms with van der Waals surface area (Å²) in [5.41, 5.74) is 2.93. The molecule has 1 heterocycles. The van der Waals surface area contributed by atoms with Crippen molar-refractivity contribution >= 4 is 5.97 Å². The highest BCUT2D eigenvalue weighted by atomic mass is 16.7. The van der Waals surface area contributed by atoms with Crippen LogP contribution in [0.1, 0.15) is 45.4 Å². The molecule has 0 bridgehead atoms. The average molecular weight is 226 g/mol. The van der Waals surface area contributed by atoms with Crippen LogP contribution in [0.15, 0.2) is 0 Å². The highest BCUT2D eigenvalue weighted by molar-refractivity contribution is 5.75. The van der Waals surface area contributed by atoms with Gasteiger partial charge in [-0.15, -0.1) is 5.48 Å². The van der Waals surface area contributed by atoms with Gasteiger partial charge in [-0.3, -0.25) is 0 Å². The number of rotatable bonds is 3. The Morgan fingerprint density at radius 2 is 2.00 bits per heavy atom. The molecule has 2 fully saturated rings. The van der Waals surface area contributed by atoms with Gasteiger partial charge >= 0.3 is 5.97 Å². The first-order valence-electron chi connectivity index (χ1n) is 6.45. The standard InChI is InChI=1S/C12H22N2O2/c1-9-4-6-10(7-5-9)14-16-12(15)11-3-2-8-13-11/h9-11,13-14H,2-8H2,1H3. The van der Waals surface area contributed by atoms with E-state index in [1.165, 1.54) is 12.8 Å². The van der Waals surface area contributed by atoms with E-state index in [0.717, 1.165) is 38.1 Å². The second kappa shape index (κ2) is 5.64. The van der Waals surface area contributed by atoms with Gasteiger partial charge in [0.2, 0.25) is 0 Å². The van der Waals surface area contributed by atoms with Gasteiger partial charge in [0.25, 0.3) is 0 Å². The largest absolute Gasteiger partial charge is 0.369 e. The molecular formula is C12H22N2O2. The van der Waals surface area contributed by atoms with E-state index in [4.69, 9.17) is 4.84 Å². The van der Waals surface area contributed by atoms with E-state index in [2.05, 4.69) is 17.7 Å². The molecule has 0 aromatic heterocycles. The Labute approximate surface area is 97.1 Å². The van der Waals surface area contributed by atoms with E-state index in [9.17, 15) is 4.79 Å². The van der Waals surface area contributed by atoms with Crippen LogP contribution >= 0.6 is 0 Å². The van der Waals surface area contributed by atoms with Crippen molar-refractivity contribution in [2.75, 3.05) is 6.54 Å². The van der Waals surface area contributed by atoms with Crippen molar-refractivity contribution in [1.29, 1.82) is 0 Å². The molecule has 4 heteroatoms. The Bertz CT molecular complexity index is 231. The summed E-state index contributed by atoms with van der Waals surface area (Å²) < 4.78 is 0. The molecule has 4 nitrogen and oxygen atoms in total. The van der Waals surface area contributed by atoms with E-state index in [1.807, 2.05) is 0 Å². The van der Waals surface area contributed by atoms with Crippen molar-refractivity contribution in [3.05, 3.63) is 0 Å². The third-order valence-electron chi connectivity index (χ3n) is 3.69. The smallest absolute Gasteiger partial charge is 0.341 e. The lowest BCUT2D eigenvalue weighted by molar-refractivity contribution is -0.155. The van der Waals surface area contributed by atoms with Crippen LogP contribution < -0.4 is 10.8 Å². The second-order valence-corrected chi connectivity index (χ2v) is 5.14. The fourth-order valence-corrected chi connectivity index (χ4v) is 2.48. The maximum absolute atomic E-state index is 11.6. The lowest BCUT2D eigenvalue weighted by Gasteiger charge is -2.26. The minimum absolute atomic E-state index is 0.0879. The van der Waals surface area contributed by atoms with Gasteiger partial charge in [0, 0.05) is 6.04 Å². The molecule has 2 N–H and O–H groups in total. The first-order valence-corrected chi connectivity index (χ1v) is 6.45. The fourth-order valence-electron chi connectivity index (χ4n) is 2.48. The van der Waals surface area contributed by atoms with Crippen molar-refractivity contribution in [1.82, 2.24) is 10.8 Å². The SMILES string of the molecule is CC1CCC(NOC(=O)C2CCCN2)CC1. The molecule has 1 unspecified atom stereocenters. The van der Waals surface area contributed by atoms with Crippen molar-refractivity contribution in [2.24, 2.45) is 5.92 Å². The molecular weight excluding hydrogens is 204 g/mol. The summed E-state index contributed by atoms with van der Waals surface area (Å²) in [6.45, 7) is 3.21. The van der Waals surface area contributed by atoms with Gasteiger partial charge in [0.1, 0.15) is 6.04 Å². The molecule has 0 radical (unpaired) electrons. The van der Waals surface area contributed by atoms with Gasteiger partial charge in [-0.1, -0.05) is 6.92 Å². The summed E-state index contributed by atoms with van der Waals surface area (Å²) in [4.78, 5) is 16.8. The molecule has 1 saturated heterocycles. The van der Waals surface area contributed by atoms with Crippen LogP contribution in [-0.2, 0) is 9.63 Å². The van der Waals surface area contributed by atoms with E-state index >= 15 is 0 Å². The normalized spacial score (nSPS) is 34.9. The van der Waals surface area contributed by atoms with Crippen LogP contribution in [0.3, 0.4) is 0 Å². The number of carbonyl (C=O) groups is 1. The predicted octanol–water partition coefficient (Wildman–Crippen LogP) is 1.36. The third kappa shape index (κ3) is 3.19. The highest BCUT2D eigenvalue weighted by Gasteiger charge is 2.25. The zero-order valence-corrected chi connectivity index (χ0v) is 10.00. The van der Waals surface area contributed by atoms with Gasteiger partial charge in [0.05, 0.1) is 0 Å². The molecule has 1 aliphatic carbocycles. The monoisotopic (exact) mass is 226 g/mol. The summed E-state index contributed by atoms with van der Waals surface area (Å²) in [7, 11) is 0. The average Bonchev–Trinajstić information content (AvgIpc) is 2.81. The van der Waals surface area contributed by atoms with Gasteiger partial charge in [-0.05, 0) is 51.0 Å². The second-order valence-electron chi connectivity index (χ2n) is 5.14. The summed E-state index contributed by atoms with van der Waals surface area (Å²) in [6, 6.07) is 0.275. The number of nitrogens with one attached hydrogen (secondary N) is 2. The molecule has 16 heavy (non-hydrogen) atoms. The summed E-state index contributed by atoms with van der Waals surface area (Å²) in [5.74, 6) is 0.682. The third-order valence-corrected chi connectivity index (χ3v) is 3.69. The number of hydrogen-bond donors (Lipinski definition) is 2. The van der Waals surface area contributed by atoms with Crippen LogP contribution in [0.4, 0.5) is 0 Å². The molecule has 92 valence electrons. The minimum Gasteiger partial charge on any atom is -0.369 e. The van der Waals surface area contributed by atoms with E-state index in [1.54, 1.807) is 0 Å². The summed E-state index contributed by atoms with van der Waals surface area (Å²) in [6.07, 6.45) is 6.68. The molecule has 2 aliphatic rings. The summed E-state index contributed by atoms with van der Waals surface area (Å²) in [5, 5.41) is 3.14. The fraction of sp³-hybridized carbons (Fsp3) is 0.917. The number of hydroxylamine groups is 1. The van der Waals surface area contributed by atoms with Crippen LogP contribution in [0.2, 0.25) is 0 Å². The maximum atomic E-state index is 11.6. The first kappa shape index (κ1) is 11.9. The number of hydrogen-bond acceptors (Lipinski definition) is 4. The molecule has 1 saturated carbocycles. The quantitative estimate of drug-likeness (QED) is 0.714. The van der Waals surface area contributed by atoms with Crippen LogP contribution in [0, 0.1) is 5.92 Å². The van der Waals surface area contributed by atoms with Gasteiger partial charge < -0.3 is 10.2 Å².